The van der Waals surface area contributed by atoms with Gasteiger partial charge in [-0.05, 0) is 37.3 Å². The molecule has 0 amide bonds. The van der Waals surface area contributed by atoms with E-state index in [4.69, 9.17) is 19.9 Å². The number of hydrogen-bond donors (Lipinski definition) is 1. The largest absolute Gasteiger partial charge is 0.464 e. The Morgan fingerprint density at radius 2 is 1.83 bits per heavy atom. The third-order valence-corrected chi connectivity index (χ3v) is 4.82. The monoisotopic (exact) mass is 393 g/mol. The van der Waals surface area contributed by atoms with Gasteiger partial charge in [-0.1, -0.05) is 43.7 Å². The molecule has 0 saturated carbocycles. The van der Waals surface area contributed by atoms with Gasteiger partial charge >= 0.3 is 5.97 Å². The summed E-state index contributed by atoms with van der Waals surface area (Å²) in [6, 6.07) is 8.26. The number of aryl methyl sites for hydroxylation is 2. The molecule has 0 bridgehead atoms. The Hall–Kier alpha value is -2.99. The molecule has 1 aromatic carbocycles. The molecule has 2 N–H and O–H groups in total. The van der Waals surface area contributed by atoms with Crippen LogP contribution < -0.4 is 5.73 Å². The lowest BCUT2D eigenvalue weighted by atomic mass is 9.89. The summed E-state index contributed by atoms with van der Waals surface area (Å²) in [6.45, 7) is 8.64. The van der Waals surface area contributed by atoms with Gasteiger partial charge in [0.25, 0.3) is 0 Å². The number of rotatable bonds is 6. The van der Waals surface area contributed by atoms with Crippen LogP contribution in [-0.2, 0) is 17.7 Å². The summed E-state index contributed by atoms with van der Waals surface area (Å²) in [4.78, 5) is 21.1. The van der Waals surface area contributed by atoms with E-state index in [0.29, 0.717) is 18.4 Å². The van der Waals surface area contributed by atoms with Crippen molar-refractivity contribution in [3.8, 4) is 22.6 Å². The van der Waals surface area contributed by atoms with Crippen molar-refractivity contribution in [2.75, 3.05) is 7.11 Å². The van der Waals surface area contributed by atoms with Crippen molar-refractivity contribution in [2.45, 2.75) is 40.7 Å². The summed E-state index contributed by atoms with van der Waals surface area (Å²) in [5.74, 6) is 0.228. The quantitative estimate of drug-likeness (QED) is 0.622. The second kappa shape index (κ2) is 8.57. The lowest BCUT2D eigenvalue weighted by molar-refractivity contribution is 0.0594. The highest BCUT2D eigenvalue weighted by Crippen LogP contribution is 2.38. The predicted molar refractivity (Wildman–Crippen MR) is 112 cm³/mol. The van der Waals surface area contributed by atoms with Crippen molar-refractivity contribution >= 4 is 5.97 Å². The number of carbonyl (C=O) groups is 1. The Labute approximate surface area is 171 Å². The molecule has 0 aliphatic carbocycles. The number of esters is 1. The molecule has 152 valence electrons. The van der Waals surface area contributed by atoms with Gasteiger partial charge in [0.1, 0.15) is 6.26 Å². The molecular weight excluding hydrogens is 366 g/mol. The predicted octanol–water partition coefficient (Wildman–Crippen LogP) is 4.46. The second-order valence-electron chi connectivity index (χ2n) is 7.57. The van der Waals surface area contributed by atoms with Crippen LogP contribution in [-0.4, -0.2) is 23.0 Å². The zero-order valence-electron chi connectivity index (χ0n) is 17.6. The van der Waals surface area contributed by atoms with Crippen molar-refractivity contribution in [3.05, 3.63) is 58.7 Å². The molecule has 3 rings (SSSR count). The lowest BCUT2D eigenvalue weighted by Crippen LogP contribution is -2.12. The van der Waals surface area contributed by atoms with E-state index < -0.39 is 5.97 Å². The minimum atomic E-state index is -0.544. The molecular formula is C23H27N3O3. The van der Waals surface area contributed by atoms with E-state index in [0.717, 1.165) is 40.1 Å². The van der Waals surface area contributed by atoms with Gasteiger partial charge in [-0.2, -0.15) is 0 Å². The molecule has 0 aliphatic heterocycles. The summed E-state index contributed by atoms with van der Waals surface area (Å²) in [6.07, 6.45) is 2.13. The number of nitrogens with zero attached hydrogens (tertiary/aromatic N) is 2. The topological polar surface area (TPSA) is 91.2 Å². The van der Waals surface area contributed by atoms with Gasteiger partial charge < -0.3 is 14.9 Å². The molecule has 3 aromatic rings. The average Bonchev–Trinajstić information content (AvgIpc) is 3.16. The third-order valence-electron chi connectivity index (χ3n) is 4.82. The zero-order chi connectivity index (χ0) is 21.1. The Balaban J connectivity index is 2.30. The number of methoxy groups -OCH3 is 1. The maximum atomic E-state index is 11.9. The smallest absolute Gasteiger partial charge is 0.360 e. The third kappa shape index (κ3) is 4.22. The van der Waals surface area contributed by atoms with E-state index in [1.54, 1.807) is 0 Å². The maximum Gasteiger partial charge on any atom is 0.360 e. The number of benzene rings is 1. The average molecular weight is 393 g/mol. The van der Waals surface area contributed by atoms with Gasteiger partial charge in [-0.15, -0.1) is 0 Å². The van der Waals surface area contributed by atoms with Crippen LogP contribution >= 0.6 is 0 Å². The molecule has 0 spiro atoms. The van der Waals surface area contributed by atoms with Crippen molar-refractivity contribution in [3.63, 3.8) is 0 Å². The Morgan fingerprint density at radius 3 is 2.41 bits per heavy atom. The second-order valence-corrected chi connectivity index (χ2v) is 7.57. The molecule has 0 unspecified atom stereocenters. The fourth-order valence-electron chi connectivity index (χ4n) is 3.46. The first-order chi connectivity index (χ1) is 13.8. The van der Waals surface area contributed by atoms with Crippen molar-refractivity contribution in [2.24, 2.45) is 11.7 Å². The van der Waals surface area contributed by atoms with Crippen LogP contribution in [0.4, 0.5) is 0 Å². The number of aromatic nitrogens is 2. The van der Waals surface area contributed by atoms with E-state index in [1.165, 1.54) is 18.9 Å². The first-order valence-electron chi connectivity index (χ1n) is 9.69. The van der Waals surface area contributed by atoms with Crippen LogP contribution in [0.1, 0.15) is 46.9 Å². The molecule has 0 aliphatic rings. The van der Waals surface area contributed by atoms with E-state index in [1.807, 2.05) is 13.8 Å². The Bertz CT molecular complexity index is 1020. The van der Waals surface area contributed by atoms with Crippen LogP contribution in [0, 0.1) is 19.8 Å². The van der Waals surface area contributed by atoms with E-state index >= 15 is 0 Å². The number of carbonyl (C=O) groups excluding carboxylic acids is 1. The zero-order valence-corrected chi connectivity index (χ0v) is 17.6. The fraction of sp³-hybridized carbons (Fsp3) is 0.348. The number of ether oxygens (including phenoxy) is 1. The number of oxazole rings is 1. The molecule has 0 fully saturated rings. The first kappa shape index (κ1) is 20.7. The summed E-state index contributed by atoms with van der Waals surface area (Å²) in [5, 5.41) is 0. The molecule has 0 atom stereocenters. The molecule has 6 nitrogen and oxygen atoms in total. The number of nitrogens with two attached hydrogens (primary N) is 1. The summed E-state index contributed by atoms with van der Waals surface area (Å²) in [5.41, 5.74) is 12.9. The van der Waals surface area contributed by atoms with Gasteiger partial charge in [0.2, 0.25) is 5.89 Å². The van der Waals surface area contributed by atoms with Gasteiger partial charge in [-0.25, -0.2) is 9.78 Å². The van der Waals surface area contributed by atoms with Crippen LogP contribution in [0.5, 0.6) is 0 Å². The van der Waals surface area contributed by atoms with Crippen LogP contribution in [0.3, 0.4) is 0 Å². The van der Waals surface area contributed by atoms with E-state index in [9.17, 15) is 4.79 Å². The Kier molecular flexibility index (Phi) is 6.13. The highest BCUT2D eigenvalue weighted by Gasteiger charge is 2.24. The SMILES string of the molecule is COC(=O)c1coc(-c2c(C)nc(CC(C)C)c(CN)c2-c2ccc(C)cc2)n1. The molecule has 0 radical (unpaired) electrons. The summed E-state index contributed by atoms with van der Waals surface area (Å²) < 4.78 is 10.4. The number of hydrogen-bond acceptors (Lipinski definition) is 6. The molecule has 29 heavy (non-hydrogen) atoms. The van der Waals surface area contributed by atoms with E-state index in [-0.39, 0.29) is 5.69 Å². The molecule has 2 aromatic heterocycles. The minimum Gasteiger partial charge on any atom is -0.464 e. The standard InChI is InChI=1S/C23H27N3O3/c1-13(2)10-18-17(11-24)21(16-8-6-14(3)7-9-16)20(15(4)25-18)22-26-19(12-29-22)23(27)28-5/h6-9,12-13H,10-11,24H2,1-5H3. The molecule has 0 saturated heterocycles. The van der Waals surface area contributed by atoms with Gasteiger partial charge in [0, 0.05) is 17.8 Å². The first-order valence-corrected chi connectivity index (χ1v) is 9.69. The van der Waals surface area contributed by atoms with Crippen molar-refractivity contribution in [1.29, 1.82) is 0 Å². The highest BCUT2D eigenvalue weighted by molar-refractivity contribution is 5.89. The Morgan fingerprint density at radius 1 is 1.14 bits per heavy atom. The van der Waals surface area contributed by atoms with Crippen LogP contribution in [0.25, 0.3) is 22.6 Å². The van der Waals surface area contributed by atoms with Gasteiger partial charge in [-0.3, -0.25) is 4.98 Å². The lowest BCUT2D eigenvalue weighted by Gasteiger charge is -2.19. The fourth-order valence-corrected chi connectivity index (χ4v) is 3.46. The van der Waals surface area contributed by atoms with Gasteiger partial charge in [0.15, 0.2) is 5.69 Å². The van der Waals surface area contributed by atoms with Crippen molar-refractivity contribution < 1.29 is 13.9 Å². The van der Waals surface area contributed by atoms with Gasteiger partial charge in [0.05, 0.1) is 18.4 Å². The summed E-state index contributed by atoms with van der Waals surface area (Å²) in [7, 11) is 1.31. The highest BCUT2D eigenvalue weighted by atomic mass is 16.5. The maximum absolute atomic E-state index is 11.9. The number of pyridine rings is 1. The van der Waals surface area contributed by atoms with Crippen LogP contribution in [0.2, 0.25) is 0 Å². The summed E-state index contributed by atoms with van der Waals surface area (Å²) >= 11 is 0. The van der Waals surface area contributed by atoms with E-state index in [2.05, 4.69) is 43.1 Å². The van der Waals surface area contributed by atoms with Crippen LogP contribution in [0.15, 0.2) is 34.9 Å². The molecule has 6 heteroatoms. The molecule has 2 heterocycles. The normalized spacial score (nSPS) is 11.1. The van der Waals surface area contributed by atoms with Crippen molar-refractivity contribution in [1.82, 2.24) is 9.97 Å². The minimum absolute atomic E-state index is 0.123.